The lowest BCUT2D eigenvalue weighted by atomic mass is 9.81. The van der Waals surface area contributed by atoms with Gasteiger partial charge in [-0.25, -0.2) is 4.79 Å². The number of anilines is 1. The topological polar surface area (TPSA) is 63.7 Å². The number of benzene rings is 2. The molecule has 2 aromatic carbocycles. The van der Waals surface area contributed by atoms with E-state index in [9.17, 15) is 14.4 Å². The molecule has 0 N–H and O–H groups in total. The number of carbonyl (C=O) groups is 3. The summed E-state index contributed by atoms with van der Waals surface area (Å²) in [6.07, 6.45) is 3.13. The van der Waals surface area contributed by atoms with Gasteiger partial charge < -0.3 is 4.74 Å². The van der Waals surface area contributed by atoms with Gasteiger partial charge in [0.25, 0.3) is 0 Å². The first-order chi connectivity index (χ1) is 13.9. The van der Waals surface area contributed by atoms with Crippen LogP contribution in [0.1, 0.15) is 40.7 Å². The normalized spacial score (nSPS) is 27.4. The van der Waals surface area contributed by atoms with E-state index >= 15 is 0 Å². The third kappa shape index (κ3) is 2.79. The molecule has 5 heteroatoms. The highest BCUT2D eigenvalue weighted by atomic mass is 16.5. The quantitative estimate of drug-likeness (QED) is 0.451. The summed E-state index contributed by atoms with van der Waals surface area (Å²) in [6.45, 7) is 3.97. The molecule has 1 saturated heterocycles. The molecule has 2 saturated carbocycles. The molecule has 5 rings (SSSR count). The molecule has 4 atom stereocenters. The molecule has 1 heterocycles. The maximum absolute atomic E-state index is 12.9. The number of hydrogen-bond donors (Lipinski definition) is 0. The first-order valence-electron chi connectivity index (χ1n) is 10.2. The SMILES string of the molecule is Cc1ccc(OC(=O)c2ccc(N3C(=O)[C@@H]4[C@H]5CC[C@@H](C5)[C@H]4C3=O)cc2)cc1C. The summed E-state index contributed by atoms with van der Waals surface area (Å²) in [6, 6.07) is 12.1. The molecular weight excluding hydrogens is 366 g/mol. The third-order valence-electron chi connectivity index (χ3n) is 6.98. The van der Waals surface area contributed by atoms with Gasteiger partial charge in [0.05, 0.1) is 23.1 Å². The number of esters is 1. The van der Waals surface area contributed by atoms with Crippen LogP contribution in [0.15, 0.2) is 42.5 Å². The van der Waals surface area contributed by atoms with Crippen molar-refractivity contribution >= 4 is 23.5 Å². The van der Waals surface area contributed by atoms with Gasteiger partial charge in [0.15, 0.2) is 0 Å². The number of ether oxygens (including phenoxy) is 1. The van der Waals surface area contributed by atoms with E-state index in [4.69, 9.17) is 4.74 Å². The van der Waals surface area contributed by atoms with Crippen LogP contribution in [0.25, 0.3) is 0 Å². The second-order valence-electron chi connectivity index (χ2n) is 8.58. The van der Waals surface area contributed by atoms with Crippen LogP contribution in [0, 0.1) is 37.5 Å². The van der Waals surface area contributed by atoms with Crippen molar-refractivity contribution in [2.24, 2.45) is 23.7 Å². The van der Waals surface area contributed by atoms with Crippen LogP contribution in [-0.4, -0.2) is 17.8 Å². The molecule has 0 unspecified atom stereocenters. The van der Waals surface area contributed by atoms with E-state index in [1.165, 1.54) is 4.90 Å². The van der Waals surface area contributed by atoms with Crippen molar-refractivity contribution in [3.05, 3.63) is 59.2 Å². The van der Waals surface area contributed by atoms with Crippen LogP contribution in [-0.2, 0) is 9.59 Å². The molecule has 1 aliphatic heterocycles. The van der Waals surface area contributed by atoms with Gasteiger partial charge in [0.1, 0.15) is 5.75 Å². The summed E-state index contributed by atoms with van der Waals surface area (Å²) in [5.74, 6) is 0.322. The molecule has 5 nitrogen and oxygen atoms in total. The number of amides is 2. The molecule has 2 amide bonds. The number of carbonyl (C=O) groups excluding carboxylic acids is 3. The number of nitrogens with zero attached hydrogens (tertiary/aromatic N) is 1. The van der Waals surface area contributed by atoms with E-state index in [1.807, 2.05) is 26.0 Å². The fraction of sp³-hybridized carbons (Fsp3) is 0.375. The average Bonchev–Trinajstić information content (AvgIpc) is 3.39. The Morgan fingerprint density at radius 3 is 2.10 bits per heavy atom. The van der Waals surface area contributed by atoms with Gasteiger partial charge in [0.2, 0.25) is 11.8 Å². The largest absolute Gasteiger partial charge is 0.423 e. The Balaban J connectivity index is 1.34. The van der Waals surface area contributed by atoms with E-state index in [-0.39, 0.29) is 23.7 Å². The van der Waals surface area contributed by atoms with Crippen molar-refractivity contribution < 1.29 is 19.1 Å². The van der Waals surface area contributed by atoms with E-state index in [2.05, 4.69) is 0 Å². The highest BCUT2D eigenvalue weighted by molar-refractivity contribution is 6.22. The third-order valence-corrected chi connectivity index (χ3v) is 6.98. The van der Waals surface area contributed by atoms with E-state index in [0.717, 1.165) is 30.4 Å². The first kappa shape index (κ1) is 18.1. The molecule has 2 bridgehead atoms. The molecule has 0 radical (unpaired) electrons. The van der Waals surface area contributed by atoms with Gasteiger partial charge in [-0.1, -0.05) is 6.07 Å². The second kappa shape index (κ2) is 6.55. The zero-order valence-electron chi connectivity index (χ0n) is 16.6. The zero-order valence-corrected chi connectivity index (χ0v) is 16.6. The molecule has 0 spiro atoms. The minimum absolute atomic E-state index is 0.0716. The van der Waals surface area contributed by atoms with Crippen LogP contribution in [0.5, 0.6) is 5.75 Å². The summed E-state index contributed by atoms with van der Waals surface area (Å²) in [7, 11) is 0. The number of imide groups is 1. The Bertz CT molecular complexity index is 998. The minimum atomic E-state index is -0.464. The number of rotatable bonds is 3. The average molecular weight is 389 g/mol. The lowest BCUT2D eigenvalue weighted by molar-refractivity contribution is -0.123. The van der Waals surface area contributed by atoms with Crippen molar-refractivity contribution in [2.75, 3.05) is 4.90 Å². The van der Waals surface area contributed by atoms with Gasteiger partial charge >= 0.3 is 5.97 Å². The summed E-state index contributed by atoms with van der Waals surface area (Å²) in [4.78, 5) is 39.6. The summed E-state index contributed by atoms with van der Waals surface area (Å²) >= 11 is 0. The lowest BCUT2D eigenvalue weighted by Crippen LogP contribution is -2.32. The Morgan fingerprint density at radius 2 is 1.52 bits per heavy atom. The van der Waals surface area contributed by atoms with E-state index in [0.29, 0.717) is 28.8 Å². The predicted molar refractivity (Wildman–Crippen MR) is 108 cm³/mol. The first-order valence-corrected chi connectivity index (χ1v) is 10.2. The van der Waals surface area contributed by atoms with Crippen molar-refractivity contribution in [1.82, 2.24) is 0 Å². The molecule has 29 heavy (non-hydrogen) atoms. The fourth-order valence-corrected chi connectivity index (χ4v) is 5.35. The van der Waals surface area contributed by atoms with Crippen LogP contribution >= 0.6 is 0 Å². The monoisotopic (exact) mass is 389 g/mol. The Hall–Kier alpha value is -2.95. The maximum Gasteiger partial charge on any atom is 0.343 e. The molecule has 3 fully saturated rings. The van der Waals surface area contributed by atoms with Crippen LogP contribution in [0.2, 0.25) is 0 Å². The van der Waals surface area contributed by atoms with Crippen LogP contribution in [0.4, 0.5) is 5.69 Å². The van der Waals surface area contributed by atoms with Gasteiger partial charge in [-0.3, -0.25) is 14.5 Å². The maximum atomic E-state index is 12.9. The minimum Gasteiger partial charge on any atom is -0.423 e. The Kier molecular flexibility index (Phi) is 4.09. The molecule has 2 aliphatic carbocycles. The smallest absolute Gasteiger partial charge is 0.343 e. The van der Waals surface area contributed by atoms with Gasteiger partial charge in [-0.15, -0.1) is 0 Å². The van der Waals surface area contributed by atoms with E-state index in [1.54, 1.807) is 30.3 Å². The molecule has 0 aromatic heterocycles. The molecular formula is C24H23NO4. The van der Waals surface area contributed by atoms with Crippen molar-refractivity contribution in [3.8, 4) is 5.75 Å². The van der Waals surface area contributed by atoms with Gasteiger partial charge in [0, 0.05) is 0 Å². The van der Waals surface area contributed by atoms with Crippen LogP contribution < -0.4 is 9.64 Å². The molecule has 148 valence electrons. The standard InChI is InChI=1S/C24H23NO4/c1-13-3-10-19(11-14(13)2)29-24(28)15-6-8-18(9-7-15)25-22(26)20-16-4-5-17(12-16)21(20)23(25)27/h3,6-11,16-17,20-21H,4-5,12H2,1-2H3/t16-,17-,20+,21+/m0/s1. The number of aryl methyl sites for hydroxylation is 2. The zero-order chi connectivity index (χ0) is 20.3. The van der Waals surface area contributed by atoms with Crippen molar-refractivity contribution in [2.45, 2.75) is 33.1 Å². The Labute approximate surface area is 169 Å². The predicted octanol–water partition coefficient (Wildman–Crippen LogP) is 4.06. The highest BCUT2D eigenvalue weighted by Gasteiger charge is 2.61. The second-order valence-corrected chi connectivity index (χ2v) is 8.58. The van der Waals surface area contributed by atoms with Gasteiger partial charge in [-0.05, 0) is 92.5 Å². The lowest BCUT2D eigenvalue weighted by Gasteiger charge is -2.19. The highest BCUT2D eigenvalue weighted by Crippen LogP contribution is 2.56. The molecule has 3 aliphatic rings. The number of fused-ring (bicyclic) bond motifs is 5. The fourth-order valence-electron chi connectivity index (χ4n) is 5.35. The number of hydrogen-bond acceptors (Lipinski definition) is 4. The molecule has 2 aromatic rings. The van der Waals surface area contributed by atoms with Gasteiger partial charge in [-0.2, -0.15) is 0 Å². The van der Waals surface area contributed by atoms with E-state index < -0.39 is 5.97 Å². The van der Waals surface area contributed by atoms with Crippen molar-refractivity contribution in [1.29, 1.82) is 0 Å². The van der Waals surface area contributed by atoms with Crippen molar-refractivity contribution in [3.63, 3.8) is 0 Å². The Morgan fingerprint density at radius 1 is 0.897 bits per heavy atom. The summed E-state index contributed by atoms with van der Waals surface area (Å²) < 4.78 is 5.45. The van der Waals surface area contributed by atoms with Crippen LogP contribution in [0.3, 0.4) is 0 Å². The summed E-state index contributed by atoms with van der Waals surface area (Å²) in [5, 5.41) is 0. The summed E-state index contributed by atoms with van der Waals surface area (Å²) in [5.41, 5.74) is 3.10.